The SMILES string of the molecule is CC(CN)S(=O)(=O)NC1CCS(=O)(=O)CC1. The van der Waals surface area contributed by atoms with E-state index in [1.54, 1.807) is 0 Å². The summed E-state index contributed by atoms with van der Waals surface area (Å²) >= 11 is 0. The van der Waals surface area contributed by atoms with Crippen LogP contribution < -0.4 is 10.5 Å². The van der Waals surface area contributed by atoms with E-state index in [4.69, 9.17) is 5.73 Å². The maximum Gasteiger partial charge on any atom is 0.215 e. The van der Waals surface area contributed by atoms with E-state index >= 15 is 0 Å². The molecule has 1 unspecified atom stereocenters. The lowest BCUT2D eigenvalue weighted by Crippen LogP contribution is -2.45. The summed E-state index contributed by atoms with van der Waals surface area (Å²) in [6.07, 6.45) is 0.692. The van der Waals surface area contributed by atoms with E-state index < -0.39 is 25.1 Å². The zero-order valence-electron chi connectivity index (χ0n) is 9.22. The summed E-state index contributed by atoms with van der Waals surface area (Å²) < 4.78 is 48.1. The van der Waals surface area contributed by atoms with Gasteiger partial charge in [-0.3, -0.25) is 0 Å². The number of hydrogen-bond donors (Lipinski definition) is 2. The van der Waals surface area contributed by atoms with Gasteiger partial charge in [0.2, 0.25) is 10.0 Å². The average molecular weight is 270 g/mol. The van der Waals surface area contributed by atoms with Crippen LogP contribution >= 0.6 is 0 Å². The monoisotopic (exact) mass is 270 g/mol. The third kappa shape index (κ3) is 3.69. The first kappa shape index (κ1) is 13.9. The van der Waals surface area contributed by atoms with Crippen LogP contribution in [0, 0.1) is 0 Å². The molecule has 0 saturated carbocycles. The van der Waals surface area contributed by atoms with Crippen molar-refractivity contribution < 1.29 is 16.8 Å². The van der Waals surface area contributed by atoms with Gasteiger partial charge >= 0.3 is 0 Å². The largest absolute Gasteiger partial charge is 0.329 e. The number of hydrogen-bond acceptors (Lipinski definition) is 5. The minimum Gasteiger partial charge on any atom is -0.329 e. The Morgan fingerprint density at radius 2 is 1.88 bits per heavy atom. The smallest absolute Gasteiger partial charge is 0.215 e. The lowest BCUT2D eigenvalue weighted by molar-refractivity contribution is 0.500. The maximum absolute atomic E-state index is 11.7. The molecular weight excluding hydrogens is 252 g/mol. The summed E-state index contributed by atoms with van der Waals surface area (Å²) in [5, 5.41) is -0.647. The molecule has 0 aromatic carbocycles. The second-order valence-corrected chi connectivity index (χ2v) is 8.57. The highest BCUT2D eigenvalue weighted by Gasteiger charge is 2.28. The molecule has 8 heteroatoms. The summed E-state index contributed by atoms with van der Waals surface area (Å²) in [5.74, 6) is 0.106. The summed E-state index contributed by atoms with van der Waals surface area (Å²) in [6.45, 7) is 1.59. The highest BCUT2D eigenvalue weighted by atomic mass is 32.2. The molecule has 0 aromatic heterocycles. The lowest BCUT2D eigenvalue weighted by atomic mass is 10.2. The third-order valence-electron chi connectivity index (χ3n) is 2.75. The first-order chi connectivity index (χ1) is 7.27. The van der Waals surface area contributed by atoms with Crippen LogP contribution in [0.25, 0.3) is 0 Å². The van der Waals surface area contributed by atoms with Crippen molar-refractivity contribution in [3.05, 3.63) is 0 Å². The second kappa shape index (κ2) is 4.99. The Labute approximate surface area is 96.6 Å². The zero-order valence-corrected chi connectivity index (χ0v) is 10.9. The number of nitrogens with one attached hydrogen (secondary N) is 1. The van der Waals surface area contributed by atoms with Gasteiger partial charge in [0.05, 0.1) is 16.8 Å². The molecule has 96 valence electrons. The van der Waals surface area contributed by atoms with Crippen molar-refractivity contribution in [3.63, 3.8) is 0 Å². The van der Waals surface area contributed by atoms with Gasteiger partial charge in [-0.1, -0.05) is 0 Å². The predicted octanol–water partition coefficient (Wildman–Crippen LogP) is -1.17. The molecule has 0 radical (unpaired) electrons. The number of sulfone groups is 1. The Kier molecular flexibility index (Phi) is 4.33. The molecule has 1 aliphatic rings. The highest BCUT2D eigenvalue weighted by Crippen LogP contribution is 2.13. The molecule has 1 saturated heterocycles. The average Bonchev–Trinajstić information content (AvgIpc) is 2.20. The van der Waals surface area contributed by atoms with Crippen LogP contribution in [-0.4, -0.2) is 46.2 Å². The summed E-state index contributed by atoms with van der Waals surface area (Å²) in [4.78, 5) is 0. The van der Waals surface area contributed by atoms with Crippen LogP contribution in [0.5, 0.6) is 0 Å². The van der Waals surface area contributed by atoms with Gasteiger partial charge in [-0.2, -0.15) is 0 Å². The van der Waals surface area contributed by atoms with Crippen molar-refractivity contribution in [3.8, 4) is 0 Å². The highest BCUT2D eigenvalue weighted by molar-refractivity contribution is 7.91. The molecule has 0 bridgehead atoms. The van der Waals surface area contributed by atoms with Gasteiger partial charge in [0.25, 0.3) is 0 Å². The Bertz CT molecular complexity index is 415. The van der Waals surface area contributed by atoms with Crippen molar-refractivity contribution in [2.75, 3.05) is 18.1 Å². The van der Waals surface area contributed by atoms with Gasteiger partial charge in [0.1, 0.15) is 9.84 Å². The quantitative estimate of drug-likeness (QED) is 0.669. The number of nitrogens with two attached hydrogens (primary N) is 1. The topological polar surface area (TPSA) is 106 Å². The Morgan fingerprint density at radius 3 is 2.31 bits per heavy atom. The Morgan fingerprint density at radius 1 is 1.38 bits per heavy atom. The first-order valence-electron chi connectivity index (χ1n) is 5.18. The molecular formula is C8H18N2O4S2. The summed E-state index contributed by atoms with van der Waals surface area (Å²) in [6, 6.07) is -0.275. The molecule has 0 amide bonds. The van der Waals surface area contributed by atoms with Gasteiger partial charge in [-0.15, -0.1) is 0 Å². The molecule has 6 nitrogen and oxygen atoms in total. The predicted molar refractivity (Wildman–Crippen MR) is 62.2 cm³/mol. The molecule has 1 heterocycles. The Hall–Kier alpha value is -0.180. The minimum atomic E-state index is -3.42. The standard InChI is InChI=1S/C8H18N2O4S2/c1-7(6-9)16(13,14)10-8-2-4-15(11,12)5-3-8/h7-8,10H,2-6,9H2,1H3. The van der Waals surface area contributed by atoms with Crippen molar-refractivity contribution in [2.45, 2.75) is 31.1 Å². The molecule has 0 spiro atoms. The van der Waals surface area contributed by atoms with Crippen LogP contribution in [0.2, 0.25) is 0 Å². The third-order valence-corrected chi connectivity index (χ3v) is 6.38. The van der Waals surface area contributed by atoms with Crippen molar-refractivity contribution >= 4 is 19.9 Å². The van der Waals surface area contributed by atoms with Crippen LogP contribution in [0.4, 0.5) is 0 Å². The minimum absolute atomic E-state index is 0.0528. The van der Waals surface area contributed by atoms with E-state index in [1.165, 1.54) is 6.92 Å². The van der Waals surface area contributed by atoms with Crippen LogP contribution in [-0.2, 0) is 19.9 Å². The molecule has 3 N–H and O–H groups in total. The van der Waals surface area contributed by atoms with E-state index in [1.807, 2.05) is 0 Å². The molecule has 1 rings (SSSR count). The van der Waals surface area contributed by atoms with E-state index in [2.05, 4.69) is 4.72 Å². The van der Waals surface area contributed by atoms with E-state index in [-0.39, 0.29) is 24.1 Å². The van der Waals surface area contributed by atoms with Crippen molar-refractivity contribution in [1.82, 2.24) is 4.72 Å². The summed E-state index contributed by atoms with van der Waals surface area (Å²) in [7, 11) is -6.37. The summed E-state index contributed by atoms with van der Waals surface area (Å²) in [5.41, 5.74) is 5.29. The van der Waals surface area contributed by atoms with E-state index in [9.17, 15) is 16.8 Å². The number of rotatable bonds is 4. The fourth-order valence-electron chi connectivity index (χ4n) is 1.48. The van der Waals surface area contributed by atoms with Crippen LogP contribution in [0.3, 0.4) is 0 Å². The zero-order chi connectivity index (χ0) is 12.4. The van der Waals surface area contributed by atoms with Gasteiger partial charge in [0.15, 0.2) is 0 Å². The Balaban J connectivity index is 2.58. The van der Waals surface area contributed by atoms with Gasteiger partial charge in [0, 0.05) is 12.6 Å². The van der Waals surface area contributed by atoms with Gasteiger partial charge in [-0.05, 0) is 19.8 Å². The van der Waals surface area contributed by atoms with Crippen molar-refractivity contribution in [2.24, 2.45) is 5.73 Å². The van der Waals surface area contributed by atoms with E-state index in [0.29, 0.717) is 12.8 Å². The van der Waals surface area contributed by atoms with Gasteiger partial charge < -0.3 is 5.73 Å². The second-order valence-electron chi connectivity index (χ2n) is 4.14. The maximum atomic E-state index is 11.7. The fourth-order valence-corrected chi connectivity index (χ4v) is 4.16. The van der Waals surface area contributed by atoms with E-state index in [0.717, 1.165) is 0 Å². The number of sulfonamides is 1. The van der Waals surface area contributed by atoms with Crippen LogP contribution in [0.15, 0.2) is 0 Å². The molecule has 0 aromatic rings. The molecule has 16 heavy (non-hydrogen) atoms. The fraction of sp³-hybridized carbons (Fsp3) is 1.00. The normalized spacial score (nSPS) is 24.1. The lowest BCUT2D eigenvalue weighted by Gasteiger charge is -2.24. The molecule has 1 atom stereocenters. The van der Waals surface area contributed by atoms with Crippen molar-refractivity contribution in [1.29, 1.82) is 0 Å². The molecule has 1 aliphatic heterocycles. The van der Waals surface area contributed by atoms with Crippen LogP contribution in [0.1, 0.15) is 19.8 Å². The molecule has 1 fully saturated rings. The first-order valence-corrected chi connectivity index (χ1v) is 8.55. The van der Waals surface area contributed by atoms with Gasteiger partial charge in [-0.25, -0.2) is 21.6 Å². The molecule has 0 aliphatic carbocycles.